The van der Waals surface area contributed by atoms with Crippen LogP contribution in [0, 0.1) is 5.82 Å². The fourth-order valence-electron chi connectivity index (χ4n) is 6.55. The number of H-pyrrole nitrogens is 1. The fraction of sp³-hybridized carbons (Fsp3) is 0.333. The molecule has 0 amide bonds. The molecular formula is C30H27ClFN7O. The number of aromatic nitrogens is 5. The van der Waals surface area contributed by atoms with Crippen molar-refractivity contribution in [2.75, 3.05) is 24.5 Å². The first-order valence-corrected chi connectivity index (χ1v) is 14.2. The third-order valence-electron chi connectivity index (χ3n) is 8.71. The van der Waals surface area contributed by atoms with Crippen LogP contribution in [0.15, 0.2) is 48.9 Å². The predicted molar refractivity (Wildman–Crippen MR) is 153 cm³/mol. The molecule has 8 rings (SSSR count). The highest BCUT2D eigenvalue weighted by molar-refractivity contribution is 6.33. The Labute approximate surface area is 234 Å². The highest BCUT2D eigenvalue weighted by atomic mass is 35.5. The van der Waals surface area contributed by atoms with E-state index >= 15 is 0 Å². The maximum Gasteiger partial charge on any atom is 0.163 e. The van der Waals surface area contributed by atoms with E-state index < -0.39 is 5.60 Å². The van der Waals surface area contributed by atoms with E-state index in [1.807, 2.05) is 24.5 Å². The van der Waals surface area contributed by atoms with Crippen LogP contribution in [0.3, 0.4) is 0 Å². The third-order valence-corrected chi connectivity index (χ3v) is 9.03. The van der Waals surface area contributed by atoms with Crippen molar-refractivity contribution < 1.29 is 9.50 Å². The maximum absolute atomic E-state index is 14.1. The zero-order chi connectivity index (χ0) is 27.0. The molecule has 0 radical (unpaired) electrons. The van der Waals surface area contributed by atoms with E-state index in [-0.39, 0.29) is 11.9 Å². The van der Waals surface area contributed by atoms with Crippen LogP contribution in [0.1, 0.15) is 37.2 Å². The first-order chi connectivity index (χ1) is 19.5. The summed E-state index contributed by atoms with van der Waals surface area (Å²) in [4.78, 5) is 24.9. The SMILES string of the molecule is OC12CCN(c3nc(-c4ccnc5[nH]c(-c6cc(F)ccc6Cl)cc45)nc4cncc(C5CC5)c34)C1CCNC2. The molecule has 2 aliphatic heterocycles. The Bertz CT molecular complexity index is 1800. The molecule has 3 aliphatic rings. The number of β-amino-alcohol motifs (C(OH)–C–C–N with tert-alkyl or cyclic N) is 1. The van der Waals surface area contributed by atoms with Gasteiger partial charge in [0, 0.05) is 53.1 Å². The smallest absolute Gasteiger partial charge is 0.163 e. The normalized spacial score (nSPS) is 22.8. The van der Waals surface area contributed by atoms with Gasteiger partial charge in [0.1, 0.15) is 17.3 Å². The van der Waals surface area contributed by atoms with Crippen molar-refractivity contribution in [3.8, 4) is 22.6 Å². The van der Waals surface area contributed by atoms with E-state index in [0.717, 1.165) is 60.0 Å². The molecule has 1 aromatic carbocycles. The van der Waals surface area contributed by atoms with Gasteiger partial charge in [-0.3, -0.25) is 4.98 Å². The van der Waals surface area contributed by atoms with Gasteiger partial charge in [-0.05, 0) is 74.0 Å². The summed E-state index contributed by atoms with van der Waals surface area (Å²) >= 11 is 6.42. The minimum atomic E-state index is -0.786. The molecule has 0 spiro atoms. The molecule has 40 heavy (non-hydrogen) atoms. The molecule has 202 valence electrons. The summed E-state index contributed by atoms with van der Waals surface area (Å²) in [7, 11) is 0. The lowest BCUT2D eigenvalue weighted by atomic mass is 9.89. The molecule has 8 nitrogen and oxygen atoms in total. The van der Waals surface area contributed by atoms with E-state index in [1.54, 1.807) is 12.3 Å². The molecule has 0 bridgehead atoms. The minimum Gasteiger partial charge on any atom is -0.386 e. The number of hydrogen-bond acceptors (Lipinski definition) is 7. The first-order valence-electron chi connectivity index (χ1n) is 13.8. The average Bonchev–Trinajstić information content (AvgIpc) is 3.62. The summed E-state index contributed by atoms with van der Waals surface area (Å²) in [6, 6.07) is 8.11. The van der Waals surface area contributed by atoms with Crippen LogP contribution < -0.4 is 10.2 Å². The lowest BCUT2D eigenvalue weighted by Gasteiger charge is -2.39. The summed E-state index contributed by atoms with van der Waals surface area (Å²) in [5, 5.41) is 17.1. The van der Waals surface area contributed by atoms with Crippen LogP contribution in [0.4, 0.5) is 10.2 Å². The van der Waals surface area contributed by atoms with Crippen molar-refractivity contribution >= 4 is 39.4 Å². The predicted octanol–water partition coefficient (Wildman–Crippen LogP) is 5.21. The van der Waals surface area contributed by atoms with Gasteiger partial charge in [-0.1, -0.05) is 11.6 Å². The van der Waals surface area contributed by atoms with Gasteiger partial charge in [0.2, 0.25) is 0 Å². The number of nitrogens with one attached hydrogen (secondary N) is 2. The number of hydrogen-bond donors (Lipinski definition) is 3. The molecule has 3 fully saturated rings. The summed E-state index contributed by atoms with van der Waals surface area (Å²) in [6.07, 6.45) is 9.30. The summed E-state index contributed by atoms with van der Waals surface area (Å²) in [5.74, 6) is 1.52. The largest absolute Gasteiger partial charge is 0.386 e. The van der Waals surface area contributed by atoms with Crippen molar-refractivity contribution in [2.45, 2.75) is 43.2 Å². The van der Waals surface area contributed by atoms with Gasteiger partial charge in [0.15, 0.2) is 5.82 Å². The molecule has 3 N–H and O–H groups in total. The topological polar surface area (TPSA) is 103 Å². The Morgan fingerprint density at radius 3 is 2.85 bits per heavy atom. The van der Waals surface area contributed by atoms with Crippen molar-refractivity contribution in [2.24, 2.45) is 0 Å². The van der Waals surface area contributed by atoms with Gasteiger partial charge in [0.25, 0.3) is 0 Å². The molecule has 5 aromatic rings. The van der Waals surface area contributed by atoms with Crippen molar-refractivity contribution in [3.05, 3.63) is 65.3 Å². The van der Waals surface area contributed by atoms with E-state index in [0.29, 0.717) is 46.6 Å². The van der Waals surface area contributed by atoms with Crippen LogP contribution >= 0.6 is 11.6 Å². The lowest BCUT2D eigenvalue weighted by Crippen LogP contribution is -2.56. The van der Waals surface area contributed by atoms with E-state index in [4.69, 9.17) is 21.6 Å². The molecule has 2 saturated heterocycles. The second kappa shape index (κ2) is 8.92. The Balaban J connectivity index is 1.33. The molecule has 1 aliphatic carbocycles. The van der Waals surface area contributed by atoms with Gasteiger partial charge in [-0.2, -0.15) is 0 Å². The Hall–Kier alpha value is -3.66. The summed E-state index contributed by atoms with van der Waals surface area (Å²) in [5.41, 5.74) is 3.86. The molecule has 1 saturated carbocycles. The highest BCUT2D eigenvalue weighted by Gasteiger charge is 2.48. The van der Waals surface area contributed by atoms with Gasteiger partial charge >= 0.3 is 0 Å². The number of benzene rings is 1. The van der Waals surface area contributed by atoms with Gasteiger partial charge < -0.3 is 20.3 Å². The third kappa shape index (κ3) is 3.79. The average molecular weight is 556 g/mol. The molecular weight excluding hydrogens is 529 g/mol. The van der Waals surface area contributed by atoms with Gasteiger partial charge in [0.05, 0.1) is 28.4 Å². The Morgan fingerprint density at radius 2 is 1.98 bits per heavy atom. The standard InChI is InChI=1S/C30H27ClFN7O/c31-22-4-3-17(32)11-20(22)23-12-19-18(5-9-35-27(19)36-23)28-37-24-14-34-13-21(16-1-2-16)26(24)29(38-28)39-10-7-30(40)15-33-8-6-25(30)39/h3-5,9,11-14,16,25,33,40H,1-2,6-8,10,15H2,(H,35,36). The zero-order valence-corrected chi connectivity index (χ0v) is 22.4. The van der Waals surface area contributed by atoms with Crippen LogP contribution in [-0.4, -0.2) is 61.3 Å². The first kappa shape index (κ1) is 24.2. The summed E-state index contributed by atoms with van der Waals surface area (Å²) in [6.45, 7) is 2.16. The van der Waals surface area contributed by atoms with E-state index in [9.17, 15) is 9.50 Å². The molecule has 6 heterocycles. The highest BCUT2D eigenvalue weighted by Crippen LogP contribution is 2.47. The quantitative estimate of drug-likeness (QED) is 0.280. The Kier molecular flexibility index (Phi) is 5.39. The number of aliphatic hydroxyl groups is 1. The number of nitrogens with zero attached hydrogens (tertiary/aromatic N) is 5. The number of pyridine rings is 2. The lowest BCUT2D eigenvalue weighted by molar-refractivity contribution is 0.0159. The zero-order valence-electron chi connectivity index (χ0n) is 21.7. The molecule has 2 unspecified atom stereocenters. The number of fused-ring (bicyclic) bond motifs is 3. The number of aromatic amines is 1. The molecule has 4 aromatic heterocycles. The molecule has 2 atom stereocenters. The van der Waals surface area contributed by atoms with Crippen molar-refractivity contribution in [1.29, 1.82) is 0 Å². The van der Waals surface area contributed by atoms with Gasteiger partial charge in [-0.25, -0.2) is 19.3 Å². The minimum absolute atomic E-state index is 0.0219. The maximum atomic E-state index is 14.1. The molecule has 10 heteroatoms. The second-order valence-corrected chi connectivity index (χ2v) is 11.6. The van der Waals surface area contributed by atoms with Crippen molar-refractivity contribution in [3.63, 3.8) is 0 Å². The number of anilines is 1. The van der Waals surface area contributed by atoms with Crippen LogP contribution in [0.25, 0.3) is 44.6 Å². The van der Waals surface area contributed by atoms with Crippen LogP contribution in [-0.2, 0) is 0 Å². The Morgan fingerprint density at radius 1 is 1.07 bits per heavy atom. The second-order valence-electron chi connectivity index (χ2n) is 11.2. The van der Waals surface area contributed by atoms with Crippen LogP contribution in [0.5, 0.6) is 0 Å². The fourth-order valence-corrected chi connectivity index (χ4v) is 6.77. The van der Waals surface area contributed by atoms with Gasteiger partial charge in [-0.15, -0.1) is 0 Å². The number of rotatable bonds is 4. The van der Waals surface area contributed by atoms with E-state index in [1.165, 1.54) is 17.7 Å². The number of piperidine rings is 1. The van der Waals surface area contributed by atoms with Crippen LogP contribution in [0.2, 0.25) is 5.02 Å². The van der Waals surface area contributed by atoms with Crippen molar-refractivity contribution in [1.82, 2.24) is 30.2 Å². The van der Waals surface area contributed by atoms with E-state index in [2.05, 4.69) is 25.2 Å². The number of halogens is 2. The summed E-state index contributed by atoms with van der Waals surface area (Å²) < 4.78 is 14.1. The monoisotopic (exact) mass is 555 g/mol.